The number of rotatable bonds is 5. The largest absolute Gasteiger partial charge is 0.444 e. The van der Waals surface area contributed by atoms with Crippen molar-refractivity contribution in [2.45, 2.75) is 44.9 Å². The van der Waals surface area contributed by atoms with Gasteiger partial charge in [0, 0.05) is 31.0 Å². The second-order valence-electron chi connectivity index (χ2n) is 8.36. The van der Waals surface area contributed by atoms with Gasteiger partial charge in [0.2, 0.25) is 5.91 Å². The first kappa shape index (κ1) is 22.2. The monoisotopic (exact) mass is 432 g/mol. The number of anilines is 2. The Hall–Kier alpha value is -3.50. The predicted octanol–water partition coefficient (Wildman–Crippen LogP) is 1.44. The van der Waals surface area contributed by atoms with Gasteiger partial charge in [-0.15, -0.1) is 0 Å². The Morgan fingerprint density at radius 2 is 1.68 bits per heavy atom. The van der Waals surface area contributed by atoms with Gasteiger partial charge in [0.25, 0.3) is 0 Å². The minimum atomic E-state index is -0.580. The Morgan fingerprint density at radius 1 is 1.06 bits per heavy atom. The number of carbonyl (C=O) groups is 4. The normalized spacial score (nSPS) is 19.5. The van der Waals surface area contributed by atoms with Gasteiger partial charge in [0.1, 0.15) is 11.6 Å². The lowest BCUT2D eigenvalue weighted by Crippen LogP contribution is -2.65. The summed E-state index contributed by atoms with van der Waals surface area (Å²) in [4.78, 5) is 49.0. The smallest absolute Gasteiger partial charge is 0.407 e. The summed E-state index contributed by atoms with van der Waals surface area (Å²) in [6.07, 6.45) is 0.212. The van der Waals surface area contributed by atoms with Crippen LogP contribution in [0.15, 0.2) is 24.3 Å². The van der Waals surface area contributed by atoms with Crippen molar-refractivity contribution in [3.8, 4) is 0 Å². The number of likely N-dealkylation sites (tertiary alicyclic amines) is 1. The quantitative estimate of drug-likeness (QED) is 0.354. The molecule has 2 heterocycles. The molecule has 0 aliphatic carbocycles. The van der Waals surface area contributed by atoms with E-state index < -0.39 is 17.7 Å². The molecule has 11 nitrogen and oxygen atoms in total. The van der Waals surface area contributed by atoms with E-state index >= 15 is 0 Å². The summed E-state index contributed by atoms with van der Waals surface area (Å²) >= 11 is 0. The number of amides is 6. The van der Waals surface area contributed by atoms with Gasteiger partial charge in [-0.3, -0.25) is 4.79 Å². The fourth-order valence-electron chi connectivity index (χ4n) is 3.33. The maximum Gasteiger partial charge on any atom is 0.407 e. The van der Waals surface area contributed by atoms with E-state index in [9.17, 15) is 19.2 Å². The van der Waals surface area contributed by atoms with Gasteiger partial charge in [-0.05, 0) is 51.5 Å². The highest BCUT2D eigenvalue weighted by Gasteiger charge is 2.49. The van der Waals surface area contributed by atoms with Crippen LogP contribution in [0.25, 0.3) is 0 Å². The molecule has 0 spiro atoms. The van der Waals surface area contributed by atoms with Crippen LogP contribution in [-0.2, 0) is 9.53 Å². The van der Waals surface area contributed by atoms with Gasteiger partial charge in [0.15, 0.2) is 0 Å². The van der Waals surface area contributed by atoms with Crippen LogP contribution in [0.2, 0.25) is 0 Å². The molecule has 5 N–H and O–H groups in total. The Bertz CT molecular complexity index is 851. The number of alkyl carbamates (subject to hydrolysis) is 1. The Balaban J connectivity index is 1.37. The molecule has 0 unspecified atom stereocenters. The second-order valence-corrected chi connectivity index (χ2v) is 8.36. The molecule has 0 saturated carbocycles. The van der Waals surface area contributed by atoms with Crippen molar-refractivity contribution in [1.29, 1.82) is 0 Å². The highest BCUT2D eigenvalue weighted by atomic mass is 16.6. The van der Waals surface area contributed by atoms with Gasteiger partial charge in [-0.2, -0.15) is 0 Å². The summed E-state index contributed by atoms with van der Waals surface area (Å²) in [5, 5.41) is 13.4. The first-order valence-electron chi connectivity index (χ1n) is 10.1. The Morgan fingerprint density at radius 3 is 2.29 bits per heavy atom. The van der Waals surface area contributed by atoms with Crippen molar-refractivity contribution >= 4 is 35.4 Å². The summed E-state index contributed by atoms with van der Waals surface area (Å²) in [5.41, 5.74) is 0.513. The minimum absolute atomic E-state index is 0.0580. The van der Waals surface area contributed by atoms with E-state index in [0.29, 0.717) is 17.9 Å². The molecule has 2 fully saturated rings. The number of urea groups is 2. The summed E-state index contributed by atoms with van der Waals surface area (Å²) in [6.45, 7) is 6.29. The zero-order valence-corrected chi connectivity index (χ0v) is 17.8. The average Bonchev–Trinajstić information content (AvgIpc) is 3.02. The molecule has 6 amide bonds. The molecule has 1 aromatic rings. The van der Waals surface area contributed by atoms with E-state index in [0.717, 1.165) is 6.42 Å². The molecule has 2 atom stereocenters. The summed E-state index contributed by atoms with van der Waals surface area (Å²) in [5.74, 6) is -0.121. The van der Waals surface area contributed by atoms with E-state index in [-0.39, 0.29) is 37.1 Å². The van der Waals surface area contributed by atoms with Gasteiger partial charge >= 0.3 is 18.2 Å². The first-order chi connectivity index (χ1) is 14.6. The van der Waals surface area contributed by atoms with Crippen LogP contribution < -0.4 is 26.6 Å². The molecule has 0 radical (unpaired) electrons. The summed E-state index contributed by atoms with van der Waals surface area (Å²) in [7, 11) is 0. The van der Waals surface area contributed by atoms with Crippen LogP contribution in [0.4, 0.5) is 25.8 Å². The van der Waals surface area contributed by atoms with E-state index in [1.165, 1.54) is 4.90 Å². The van der Waals surface area contributed by atoms with Gasteiger partial charge in [-0.25, -0.2) is 14.4 Å². The van der Waals surface area contributed by atoms with Crippen LogP contribution in [-0.4, -0.2) is 66.3 Å². The van der Waals surface area contributed by atoms with Crippen LogP contribution in [0.3, 0.4) is 0 Å². The number of nitrogens with one attached hydrogen (secondary N) is 5. The zero-order valence-electron chi connectivity index (χ0n) is 17.8. The number of ether oxygens (including phenoxy) is 1. The zero-order chi connectivity index (χ0) is 22.6. The number of nitrogens with zero attached hydrogens (tertiary/aromatic N) is 1. The average molecular weight is 432 g/mol. The number of hydrogen-bond donors (Lipinski definition) is 5. The van der Waals surface area contributed by atoms with Gasteiger partial charge < -0.3 is 36.2 Å². The molecular formula is C20H28N6O5. The van der Waals surface area contributed by atoms with Crippen LogP contribution >= 0.6 is 0 Å². The lowest BCUT2D eigenvalue weighted by molar-refractivity contribution is -0.132. The predicted molar refractivity (Wildman–Crippen MR) is 114 cm³/mol. The topological polar surface area (TPSA) is 141 Å². The van der Waals surface area contributed by atoms with Crippen molar-refractivity contribution in [2.75, 3.05) is 30.3 Å². The van der Waals surface area contributed by atoms with Crippen molar-refractivity contribution in [2.24, 2.45) is 0 Å². The fourth-order valence-corrected chi connectivity index (χ4v) is 3.33. The maximum atomic E-state index is 12.4. The highest BCUT2D eigenvalue weighted by Crippen LogP contribution is 2.26. The minimum Gasteiger partial charge on any atom is -0.444 e. The molecule has 2 saturated heterocycles. The van der Waals surface area contributed by atoms with E-state index in [1.54, 1.807) is 45.0 Å². The lowest BCUT2D eigenvalue weighted by atomic mass is 10.0. The van der Waals surface area contributed by atoms with E-state index in [1.807, 2.05) is 0 Å². The third kappa shape index (κ3) is 6.00. The highest BCUT2D eigenvalue weighted by molar-refractivity contribution is 5.98. The molecule has 3 rings (SSSR count). The van der Waals surface area contributed by atoms with Crippen LogP contribution in [0, 0.1) is 0 Å². The van der Waals surface area contributed by atoms with Gasteiger partial charge in [-0.1, -0.05) is 0 Å². The Kier molecular flexibility index (Phi) is 6.52. The number of β-lactam (4-membered cyclic amide) rings is 1. The second kappa shape index (κ2) is 9.11. The van der Waals surface area contributed by atoms with Crippen molar-refractivity contribution in [1.82, 2.24) is 20.9 Å². The third-order valence-corrected chi connectivity index (χ3v) is 4.73. The van der Waals surface area contributed by atoms with E-state index in [4.69, 9.17) is 4.74 Å². The van der Waals surface area contributed by atoms with Crippen LogP contribution in [0.1, 0.15) is 27.2 Å². The van der Waals surface area contributed by atoms with Crippen molar-refractivity contribution in [3.05, 3.63) is 24.3 Å². The summed E-state index contributed by atoms with van der Waals surface area (Å²) < 4.78 is 5.10. The number of carbonyl (C=O) groups excluding carboxylic acids is 4. The maximum absolute atomic E-state index is 12.4. The third-order valence-electron chi connectivity index (χ3n) is 4.73. The molecule has 1 aromatic carbocycles. The summed E-state index contributed by atoms with van der Waals surface area (Å²) in [6, 6.07) is 5.55. The standard InChI is InChI=1S/C20H28N6O5/c1-20(2,3)31-19(30)22-10-9-21-17(28)23-12-4-6-13(7-5-12)24-18(29)26-11-8-14-15(26)16(27)25-14/h4-7,14-15H,8-11H2,1-3H3,(H,22,30)(H,24,29)(H,25,27)(H2,21,23,28)/t14-,15+/m1/s1. The molecule has 168 valence electrons. The SMILES string of the molecule is CC(C)(C)OC(=O)NCCNC(=O)Nc1ccc(NC(=O)N2CC[C@H]3NC(=O)[C@H]32)cc1. The molecule has 2 aliphatic rings. The number of hydrogen-bond acceptors (Lipinski definition) is 5. The van der Waals surface area contributed by atoms with Gasteiger partial charge in [0.05, 0.1) is 6.04 Å². The van der Waals surface area contributed by atoms with Crippen molar-refractivity contribution in [3.63, 3.8) is 0 Å². The molecular weight excluding hydrogens is 404 g/mol. The number of benzene rings is 1. The molecule has 31 heavy (non-hydrogen) atoms. The van der Waals surface area contributed by atoms with E-state index in [2.05, 4.69) is 26.6 Å². The lowest BCUT2D eigenvalue weighted by Gasteiger charge is -2.35. The molecule has 11 heteroatoms. The molecule has 2 aliphatic heterocycles. The molecule has 0 bridgehead atoms. The molecule has 0 aromatic heterocycles. The van der Waals surface area contributed by atoms with Crippen molar-refractivity contribution < 1.29 is 23.9 Å². The van der Waals surface area contributed by atoms with Crippen LogP contribution in [0.5, 0.6) is 0 Å². The fraction of sp³-hybridized carbons (Fsp3) is 0.500. The number of fused-ring (bicyclic) bond motifs is 1. The Labute approximate surface area is 180 Å². The first-order valence-corrected chi connectivity index (χ1v) is 10.1.